The predicted octanol–water partition coefficient (Wildman–Crippen LogP) is 3.33. The van der Waals surface area contributed by atoms with Crippen LogP contribution >= 0.6 is 16.2 Å². The molecule has 0 rings (SSSR count). The van der Waals surface area contributed by atoms with Crippen LogP contribution in [0.5, 0.6) is 0 Å². The minimum absolute atomic E-state index is 0.116. The monoisotopic (exact) mass is 325 g/mol. The van der Waals surface area contributed by atoms with Crippen molar-refractivity contribution in [1.82, 2.24) is 14.0 Å². The number of halogens is 6. The van der Waals surface area contributed by atoms with Crippen LogP contribution in [0.1, 0.15) is 0 Å². The second-order valence-electron chi connectivity index (χ2n) is 3.89. The van der Waals surface area contributed by atoms with E-state index < -0.39 is 16.2 Å². The van der Waals surface area contributed by atoms with E-state index >= 15 is 0 Å². The molecule has 18 heavy (non-hydrogen) atoms. The summed E-state index contributed by atoms with van der Waals surface area (Å²) in [5.41, 5.74) is 0. The molecule has 116 valence electrons. The van der Waals surface area contributed by atoms with Crippen LogP contribution in [0.25, 0.3) is 0 Å². The van der Waals surface area contributed by atoms with E-state index in [0.29, 0.717) is 0 Å². The first-order valence-corrected chi connectivity index (χ1v) is 7.92. The molecule has 0 aromatic carbocycles. The van der Waals surface area contributed by atoms with Crippen molar-refractivity contribution in [3.8, 4) is 0 Å². The summed E-state index contributed by atoms with van der Waals surface area (Å²) in [6, 6.07) is 0. The molecule has 0 bridgehead atoms. The van der Waals surface area contributed by atoms with Gasteiger partial charge in [0.2, 0.25) is 8.37 Å². The van der Waals surface area contributed by atoms with E-state index in [1.165, 1.54) is 0 Å². The second-order valence-corrected chi connectivity index (χ2v) is 8.96. The number of hydrogen-bond acceptors (Lipinski definition) is 4. The van der Waals surface area contributed by atoms with Gasteiger partial charge in [-0.1, -0.05) is 0 Å². The first-order valence-electron chi connectivity index (χ1n) is 4.55. The third-order valence-electron chi connectivity index (χ3n) is 1.35. The van der Waals surface area contributed by atoms with Gasteiger partial charge in [0.05, 0.1) is 0 Å². The Morgan fingerprint density at radius 2 is 1.06 bits per heavy atom. The number of aliphatic hydroxyl groups is 1. The van der Waals surface area contributed by atoms with Crippen molar-refractivity contribution in [3.05, 3.63) is 0 Å². The Balaban J connectivity index is 0. The molecule has 0 unspecified atom stereocenters. The molecule has 0 saturated carbocycles. The molecule has 0 amide bonds. The van der Waals surface area contributed by atoms with E-state index in [9.17, 15) is 25.2 Å². The summed E-state index contributed by atoms with van der Waals surface area (Å²) in [4.78, 5) is 0. The van der Waals surface area contributed by atoms with Crippen LogP contribution < -0.4 is 0 Å². The molecule has 1 N–H and O–H groups in total. The van der Waals surface area contributed by atoms with Crippen LogP contribution in [-0.2, 0) is 0 Å². The van der Waals surface area contributed by atoms with Gasteiger partial charge in [0, 0.05) is 35.2 Å². The number of nitrogens with zero attached hydrogens (tertiary/aromatic N) is 3. The van der Waals surface area contributed by atoms with Crippen molar-refractivity contribution in [2.24, 2.45) is 0 Å². The Kier molecular flexibility index (Phi) is 6.55. The van der Waals surface area contributed by atoms with Gasteiger partial charge in [-0.2, -0.15) is 9.34 Å². The van der Waals surface area contributed by atoms with E-state index in [1.54, 1.807) is 0 Å². The fourth-order valence-electron chi connectivity index (χ4n) is 1.15. The normalized spacial score (nSPS) is 16.7. The molecule has 0 aromatic heterocycles. The Morgan fingerprint density at radius 3 is 1.11 bits per heavy atom. The average Bonchev–Trinajstić information content (AvgIpc) is 1.96. The molecule has 0 aromatic rings. The summed E-state index contributed by atoms with van der Waals surface area (Å²) in [6.45, 7) is 0.116. The Labute approximate surface area is 103 Å². The molecule has 0 radical (unpaired) electrons. The Morgan fingerprint density at radius 1 is 0.833 bits per heavy atom. The number of rotatable bonds is 4. The molecule has 0 aliphatic heterocycles. The quantitative estimate of drug-likeness (QED) is 0.488. The zero-order valence-electron chi connectivity index (χ0n) is 10.7. The molecule has 0 fully saturated rings. The van der Waals surface area contributed by atoms with Crippen LogP contribution in [0.4, 0.5) is 25.2 Å². The Bertz CT molecular complexity index is 236. The van der Waals surface area contributed by atoms with Crippen LogP contribution in [0, 0.1) is 0 Å². The van der Waals surface area contributed by atoms with Crippen molar-refractivity contribution >= 4 is 16.2 Å². The molecule has 0 saturated heterocycles. The van der Waals surface area contributed by atoms with Crippen molar-refractivity contribution < 1.29 is 30.3 Å². The summed E-state index contributed by atoms with van der Waals surface area (Å²) in [6.07, 6.45) is 0. The zero-order valence-corrected chi connectivity index (χ0v) is 12.6. The summed E-state index contributed by atoms with van der Waals surface area (Å²) >= 11 is 0. The third-order valence-corrected chi connectivity index (χ3v) is 3.78. The van der Waals surface area contributed by atoms with Gasteiger partial charge in [0.25, 0.3) is 0 Å². The molecular formula is C6H19F6N3OP2. The van der Waals surface area contributed by atoms with Gasteiger partial charge in [-0.15, -0.1) is 4.67 Å². The van der Waals surface area contributed by atoms with Crippen LogP contribution in [0.2, 0.25) is 0 Å². The van der Waals surface area contributed by atoms with Gasteiger partial charge in [0.1, 0.15) is 6.73 Å². The fourth-order valence-corrected chi connectivity index (χ4v) is 3.44. The second kappa shape index (κ2) is 5.73. The SMILES string of the molecule is CN(C)[PH+](N(C)C)N(C)CO.F[P-](F)(F)(F)(F)F. The first kappa shape index (κ1) is 20.6. The summed E-state index contributed by atoms with van der Waals surface area (Å²) in [7, 11) is -1.48. The topological polar surface area (TPSA) is 30.0 Å². The molecule has 0 atom stereocenters. The van der Waals surface area contributed by atoms with Crippen molar-refractivity contribution in [1.29, 1.82) is 0 Å². The first-order chi connectivity index (χ1) is 7.45. The zero-order chi connectivity index (χ0) is 15.4. The standard InChI is InChI=1S/C6H18N3OP.F6P/c1-7(2)11(8(3)4)9(5)6-10;1-7(2,3,4,5)6/h10H,6H2,1-5H3;/q;-1/p+1. The predicted molar refractivity (Wildman–Crippen MR) is 64.1 cm³/mol. The molecular weight excluding hydrogens is 306 g/mol. The summed E-state index contributed by atoms with van der Waals surface area (Å²) < 4.78 is 65.4. The van der Waals surface area contributed by atoms with E-state index in [0.717, 1.165) is 0 Å². The van der Waals surface area contributed by atoms with Gasteiger partial charge in [0.15, 0.2) is 0 Å². The Hall–Kier alpha value is 0.280. The molecule has 0 aliphatic carbocycles. The van der Waals surface area contributed by atoms with Crippen molar-refractivity contribution in [2.75, 3.05) is 42.0 Å². The van der Waals surface area contributed by atoms with E-state index in [4.69, 9.17) is 5.11 Å². The molecule has 0 spiro atoms. The minimum atomic E-state index is -10.7. The summed E-state index contributed by atoms with van der Waals surface area (Å²) in [5.74, 6) is 0. The fraction of sp³-hybridized carbons (Fsp3) is 1.00. The maximum absolute atomic E-state index is 10.7. The van der Waals surface area contributed by atoms with Gasteiger partial charge < -0.3 is 5.11 Å². The maximum atomic E-state index is 9.87. The average molecular weight is 325 g/mol. The van der Waals surface area contributed by atoms with Crippen molar-refractivity contribution in [2.45, 2.75) is 0 Å². The van der Waals surface area contributed by atoms with Gasteiger partial charge >= 0.3 is 33.0 Å². The van der Waals surface area contributed by atoms with E-state index in [2.05, 4.69) is 9.34 Å². The molecule has 0 aliphatic rings. The molecule has 4 nitrogen and oxygen atoms in total. The summed E-state index contributed by atoms with van der Waals surface area (Å²) in [5, 5.41) is 8.90. The van der Waals surface area contributed by atoms with Gasteiger partial charge in [-0.05, 0) is 0 Å². The molecule has 12 heteroatoms. The van der Waals surface area contributed by atoms with E-state index in [1.807, 2.05) is 39.9 Å². The van der Waals surface area contributed by atoms with Gasteiger partial charge in [-0.3, -0.25) is 0 Å². The van der Waals surface area contributed by atoms with Gasteiger partial charge in [-0.25, -0.2) is 0 Å². The van der Waals surface area contributed by atoms with E-state index in [-0.39, 0.29) is 6.73 Å². The van der Waals surface area contributed by atoms with Crippen LogP contribution in [-0.4, -0.2) is 61.1 Å². The van der Waals surface area contributed by atoms with Crippen LogP contribution in [0.15, 0.2) is 0 Å². The molecule has 0 heterocycles. The number of hydrogen-bond donors (Lipinski definition) is 1. The van der Waals surface area contributed by atoms with Crippen molar-refractivity contribution in [3.63, 3.8) is 0 Å². The third kappa shape index (κ3) is 18.6. The van der Waals surface area contributed by atoms with Crippen LogP contribution in [0.3, 0.4) is 0 Å². The number of aliphatic hydroxyl groups excluding tert-OH is 1.